The first-order valence-electron chi connectivity index (χ1n) is 6.43. The van der Waals surface area contributed by atoms with Gasteiger partial charge in [0.2, 0.25) is 5.95 Å². The van der Waals surface area contributed by atoms with Gasteiger partial charge in [-0.3, -0.25) is 10.1 Å². The molecule has 1 rings (SSSR count). The Bertz CT molecular complexity index is 404. The van der Waals surface area contributed by atoms with Crippen molar-refractivity contribution in [1.82, 2.24) is 15.3 Å². The van der Waals surface area contributed by atoms with Crippen LogP contribution in [0.3, 0.4) is 0 Å². The van der Waals surface area contributed by atoms with Crippen LogP contribution in [0.5, 0.6) is 0 Å². The standard InChI is InChI=1S/C13H22N4O2/c1-8(2)11(12(18)19)14-5-10-6-15-13(16-7-10)17-9(3)4/h6-9,11,14H,5H2,1-4H3,(H,18,19)(H,15,16,17)/t11-/m1/s1. The number of aromatic nitrogens is 2. The second kappa shape index (κ2) is 7.04. The van der Waals surface area contributed by atoms with Crippen molar-refractivity contribution < 1.29 is 9.90 Å². The molecule has 0 amide bonds. The number of nitrogens with one attached hydrogen (secondary N) is 2. The summed E-state index contributed by atoms with van der Waals surface area (Å²) in [5.74, 6) is -0.230. The summed E-state index contributed by atoms with van der Waals surface area (Å²) in [6, 6.07) is -0.283. The average Bonchev–Trinajstić information content (AvgIpc) is 2.29. The molecule has 0 saturated heterocycles. The Kier molecular flexibility index (Phi) is 5.69. The molecule has 0 bridgehead atoms. The van der Waals surface area contributed by atoms with Gasteiger partial charge < -0.3 is 10.4 Å². The SMILES string of the molecule is CC(C)Nc1ncc(CN[C@@H](C(=O)O)C(C)C)cn1. The minimum Gasteiger partial charge on any atom is -0.480 e. The molecule has 1 atom stereocenters. The van der Waals surface area contributed by atoms with E-state index in [-0.39, 0.29) is 12.0 Å². The van der Waals surface area contributed by atoms with Crippen LogP contribution in [0.1, 0.15) is 33.3 Å². The maximum Gasteiger partial charge on any atom is 0.320 e. The molecule has 0 aliphatic rings. The molecule has 0 spiro atoms. The normalized spacial score (nSPS) is 12.7. The smallest absolute Gasteiger partial charge is 0.320 e. The van der Waals surface area contributed by atoms with Crippen molar-refractivity contribution in [3.63, 3.8) is 0 Å². The number of carboxylic acid groups (broad SMARTS) is 1. The second-order valence-electron chi connectivity index (χ2n) is 5.15. The Morgan fingerprint density at radius 3 is 2.26 bits per heavy atom. The predicted molar refractivity (Wildman–Crippen MR) is 73.9 cm³/mol. The van der Waals surface area contributed by atoms with Gasteiger partial charge in [-0.1, -0.05) is 13.8 Å². The predicted octanol–water partition coefficient (Wildman–Crippen LogP) is 1.50. The van der Waals surface area contributed by atoms with Crippen LogP contribution in [0.4, 0.5) is 5.95 Å². The summed E-state index contributed by atoms with van der Waals surface area (Å²) in [4.78, 5) is 19.4. The van der Waals surface area contributed by atoms with Crippen LogP contribution in [0.15, 0.2) is 12.4 Å². The third kappa shape index (κ3) is 5.21. The van der Waals surface area contributed by atoms with Gasteiger partial charge in [-0.15, -0.1) is 0 Å². The Morgan fingerprint density at radius 2 is 1.84 bits per heavy atom. The molecule has 19 heavy (non-hydrogen) atoms. The van der Waals surface area contributed by atoms with Gasteiger partial charge in [0.1, 0.15) is 6.04 Å². The zero-order valence-corrected chi connectivity index (χ0v) is 11.8. The van der Waals surface area contributed by atoms with E-state index in [1.807, 2.05) is 27.7 Å². The molecule has 1 aromatic rings. The Balaban J connectivity index is 2.56. The molecule has 0 fully saturated rings. The molecular weight excluding hydrogens is 244 g/mol. The number of aliphatic carboxylic acids is 1. The van der Waals surface area contributed by atoms with Gasteiger partial charge in [-0.05, 0) is 19.8 Å². The molecule has 0 unspecified atom stereocenters. The highest BCUT2D eigenvalue weighted by Crippen LogP contribution is 2.05. The third-order valence-corrected chi connectivity index (χ3v) is 2.58. The summed E-state index contributed by atoms with van der Waals surface area (Å²) in [6.07, 6.45) is 3.40. The molecule has 1 heterocycles. The Labute approximate surface area is 113 Å². The Hall–Kier alpha value is -1.69. The van der Waals surface area contributed by atoms with Crippen molar-refractivity contribution in [2.75, 3.05) is 5.32 Å². The minimum absolute atomic E-state index is 0.0281. The number of rotatable bonds is 7. The summed E-state index contributed by atoms with van der Waals surface area (Å²) in [7, 11) is 0. The molecule has 0 radical (unpaired) electrons. The lowest BCUT2D eigenvalue weighted by Gasteiger charge is -2.17. The van der Waals surface area contributed by atoms with Crippen LogP contribution in [-0.4, -0.2) is 33.1 Å². The molecule has 0 aromatic carbocycles. The quantitative estimate of drug-likeness (QED) is 0.693. The first kappa shape index (κ1) is 15.4. The minimum atomic E-state index is -0.839. The molecule has 1 aromatic heterocycles. The number of carboxylic acids is 1. The summed E-state index contributed by atoms with van der Waals surface area (Å²) >= 11 is 0. The highest BCUT2D eigenvalue weighted by atomic mass is 16.4. The summed E-state index contributed by atoms with van der Waals surface area (Å²) in [5, 5.41) is 15.2. The lowest BCUT2D eigenvalue weighted by molar-refractivity contribution is -0.140. The average molecular weight is 266 g/mol. The van der Waals surface area contributed by atoms with Crippen LogP contribution in [0.2, 0.25) is 0 Å². The summed E-state index contributed by atoms with van der Waals surface area (Å²) in [5.41, 5.74) is 0.862. The topological polar surface area (TPSA) is 87.1 Å². The first-order chi connectivity index (χ1) is 8.90. The van der Waals surface area contributed by atoms with Crippen LogP contribution >= 0.6 is 0 Å². The van der Waals surface area contributed by atoms with Gasteiger partial charge in [0.15, 0.2) is 0 Å². The molecule has 0 aliphatic heterocycles. The molecule has 0 aliphatic carbocycles. The molecule has 106 valence electrons. The zero-order chi connectivity index (χ0) is 14.4. The van der Waals surface area contributed by atoms with Gasteiger partial charge in [0.05, 0.1) is 0 Å². The van der Waals surface area contributed by atoms with Gasteiger partial charge >= 0.3 is 5.97 Å². The van der Waals surface area contributed by atoms with Gasteiger partial charge in [-0.25, -0.2) is 9.97 Å². The second-order valence-corrected chi connectivity index (χ2v) is 5.15. The van der Waals surface area contributed by atoms with Crippen molar-refractivity contribution in [2.45, 2.75) is 46.3 Å². The summed E-state index contributed by atoms with van der Waals surface area (Å²) in [6.45, 7) is 8.21. The number of hydrogen-bond donors (Lipinski definition) is 3. The number of nitrogens with zero attached hydrogens (tertiary/aromatic N) is 2. The van der Waals surface area contributed by atoms with Crippen molar-refractivity contribution in [2.24, 2.45) is 5.92 Å². The molecule has 3 N–H and O–H groups in total. The largest absolute Gasteiger partial charge is 0.480 e. The van der Waals surface area contributed by atoms with Crippen molar-refractivity contribution in [3.05, 3.63) is 18.0 Å². The molecular formula is C13H22N4O2. The molecule has 0 saturated carbocycles. The number of hydrogen-bond acceptors (Lipinski definition) is 5. The highest BCUT2D eigenvalue weighted by molar-refractivity contribution is 5.73. The number of carbonyl (C=O) groups is 1. The summed E-state index contributed by atoms with van der Waals surface area (Å²) < 4.78 is 0. The van der Waals surface area contributed by atoms with E-state index >= 15 is 0 Å². The fraction of sp³-hybridized carbons (Fsp3) is 0.615. The van der Waals surface area contributed by atoms with Crippen molar-refractivity contribution in [1.29, 1.82) is 0 Å². The van der Waals surface area contributed by atoms with Gasteiger partial charge in [0.25, 0.3) is 0 Å². The third-order valence-electron chi connectivity index (χ3n) is 2.58. The highest BCUT2D eigenvalue weighted by Gasteiger charge is 2.20. The lowest BCUT2D eigenvalue weighted by atomic mass is 10.0. The van der Waals surface area contributed by atoms with Gasteiger partial charge in [0, 0.05) is 30.5 Å². The van der Waals surface area contributed by atoms with Crippen molar-refractivity contribution in [3.8, 4) is 0 Å². The van der Waals surface area contributed by atoms with E-state index in [4.69, 9.17) is 5.11 Å². The van der Waals surface area contributed by atoms with E-state index < -0.39 is 12.0 Å². The van der Waals surface area contributed by atoms with E-state index in [1.165, 1.54) is 0 Å². The Morgan fingerprint density at radius 1 is 1.26 bits per heavy atom. The lowest BCUT2D eigenvalue weighted by Crippen LogP contribution is -2.40. The zero-order valence-electron chi connectivity index (χ0n) is 11.8. The maximum absolute atomic E-state index is 11.0. The fourth-order valence-corrected chi connectivity index (χ4v) is 1.61. The molecule has 6 nitrogen and oxygen atoms in total. The van der Waals surface area contributed by atoms with E-state index in [2.05, 4.69) is 20.6 Å². The van der Waals surface area contributed by atoms with Crippen LogP contribution in [0.25, 0.3) is 0 Å². The van der Waals surface area contributed by atoms with E-state index in [9.17, 15) is 4.79 Å². The van der Waals surface area contributed by atoms with E-state index in [0.717, 1.165) is 5.56 Å². The van der Waals surface area contributed by atoms with Gasteiger partial charge in [-0.2, -0.15) is 0 Å². The monoisotopic (exact) mass is 266 g/mol. The van der Waals surface area contributed by atoms with E-state index in [1.54, 1.807) is 12.4 Å². The van der Waals surface area contributed by atoms with Crippen LogP contribution < -0.4 is 10.6 Å². The first-order valence-corrected chi connectivity index (χ1v) is 6.43. The van der Waals surface area contributed by atoms with E-state index in [0.29, 0.717) is 12.5 Å². The van der Waals surface area contributed by atoms with Crippen LogP contribution in [-0.2, 0) is 11.3 Å². The fourth-order valence-electron chi connectivity index (χ4n) is 1.61. The van der Waals surface area contributed by atoms with Crippen LogP contribution in [0, 0.1) is 5.92 Å². The number of anilines is 1. The maximum atomic E-state index is 11.0. The van der Waals surface area contributed by atoms with Crippen molar-refractivity contribution >= 4 is 11.9 Å². The molecule has 6 heteroatoms.